The topological polar surface area (TPSA) is 69.6 Å². The van der Waals surface area contributed by atoms with Crippen molar-refractivity contribution in [3.63, 3.8) is 0 Å². The third-order valence-electron chi connectivity index (χ3n) is 4.03. The molecule has 1 aliphatic heterocycles. The summed E-state index contributed by atoms with van der Waals surface area (Å²) in [6.45, 7) is 2.58. The summed E-state index contributed by atoms with van der Waals surface area (Å²) in [5.41, 5.74) is 0.223. The van der Waals surface area contributed by atoms with E-state index >= 15 is 0 Å². The van der Waals surface area contributed by atoms with Crippen LogP contribution in [0.1, 0.15) is 35.2 Å². The van der Waals surface area contributed by atoms with Gasteiger partial charge < -0.3 is 15.3 Å². The van der Waals surface area contributed by atoms with Gasteiger partial charge in [0.25, 0.3) is 5.91 Å². The summed E-state index contributed by atoms with van der Waals surface area (Å²) in [7, 11) is 1.54. The summed E-state index contributed by atoms with van der Waals surface area (Å²) in [6, 6.07) is 5.13. The molecular weight excluding hydrogens is 304 g/mol. The molecule has 2 rings (SSSR count). The van der Waals surface area contributed by atoms with Crippen molar-refractivity contribution in [1.82, 2.24) is 10.2 Å². The largest absolute Gasteiger partial charge is 0.388 e. The van der Waals surface area contributed by atoms with Crippen molar-refractivity contribution in [3.05, 3.63) is 34.3 Å². The van der Waals surface area contributed by atoms with Crippen LogP contribution in [0.3, 0.4) is 0 Å². The van der Waals surface area contributed by atoms with Crippen LogP contribution in [0.2, 0.25) is 5.02 Å². The van der Waals surface area contributed by atoms with Crippen LogP contribution in [0.5, 0.6) is 0 Å². The molecule has 2 N–H and O–H groups in total. The SMILES string of the molecule is CNC(=O)CC1(O)CCCN(C(=O)c2ccc(Cl)cc2C)C1. The van der Waals surface area contributed by atoms with Gasteiger partial charge in [0.15, 0.2) is 0 Å². The third kappa shape index (κ3) is 3.78. The zero-order valence-corrected chi connectivity index (χ0v) is 13.6. The molecule has 0 aliphatic carbocycles. The van der Waals surface area contributed by atoms with E-state index < -0.39 is 5.60 Å². The number of nitrogens with one attached hydrogen (secondary N) is 1. The second-order valence-electron chi connectivity index (χ2n) is 5.86. The summed E-state index contributed by atoms with van der Waals surface area (Å²) < 4.78 is 0. The lowest BCUT2D eigenvalue weighted by atomic mass is 9.88. The quantitative estimate of drug-likeness (QED) is 0.890. The number of rotatable bonds is 3. The second kappa shape index (κ2) is 6.67. The molecule has 120 valence electrons. The second-order valence-corrected chi connectivity index (χ2v) is 6.30. The number of benzene rings is 1. The highest BCUT2D eigenvalue weighted by Gasteiger charge is 2.37. The zero-order chi connectivity index (χ0) is 16.3. The fraction of sp³-hybridized carbons (Fsp3) is 0.500. The Morgan fingerprint density at radius 3 is 2.82 bits per heavy atom. The first-order valence-corrected chi connectivity index (χ1v) is 7.71. The molecule has 0 bridgehead atoms. The highest BCUT2D eigenvalue weighted by atomic mass is 35.5. The Bertz CT molecular complexity index is 591. The van der Waals surface area contributed by atoms with Gasteiger partial charge in [-0.2, -0.15) is 0 Å². The Labute approximate surface area is 135 Å². The van der Waals surface area contributed by atoms with Crippen molar-refractivity contribution in [1.29, 1.82) is 0 Å². The van der Waals surface area contributed by atoms with Gasteiger partial charge in [-0.25, -0.2) is 0 Å². The summed E-state index contributed by atoms with van der Waals surface area (Å²) in [6.07, 6.45) is 1.20. The van der Waals surface area contributed by atoms with Crippen LogP contribution in [0.4, 0.5) is 0 Å². The van der Waals surface area contributed by atoms with E-state index in [2.05, 4.69) is 5.32 Å². The van der Waals surface area contributed by atoms with E-state index in [1.807, 2.05) is 6.92 Å². The van der Waals surface area contributed by atoms with E-state index in [4.69, 9.17) is 11.6 Å². The Morgan fingerprint density at radius 2 is 2.18 bits per heavy atom. The van der Waals surface area contributed by atoms with Crippen molar-refractivity contribution >= 4 is 23.4 Å². The van der Waals surface area contributed by atoms with E-state index in [-0.39, 0.29) is 24.8 Å². The molecule has 1 aliphatic rings. The predicted octanol–water partition coefficient (Wildman–Crippen LogP) is 1.75. The number of likely N-dealkylation sites (tertiary alicyclic amines) is 1. The summed E-state index contributed by atoms with van der Waals surface area (Å²) in [5.74, 6) is -0.358. The van der Waals surface area contributed by atoms with Gasteiger partial charge in [0.1, 0.15) is 0 Å². The van der Waals surface area contributed by atoms with Crippen molar-refractivity contribution in [2.24, 2.45) is 0 Å². The van der Waals surface area contributed by atoms with E-state index in [1.165, 1.54) is 7.05 Å². The van der Waals surface area contributed by atoms with Gasteiger partial charge >= 0.3 is 0 Å². The van der Waals surface area contributed by atoms with E-state index in [1.54, 1.807) is 23.1 Å². The summed E-state index contributed by atoms with van der Waals surface area (Å²) >= 11 is 5.92. The number of carbonyl (C=O) groups excluding carboxylic acids is 2. The van der Waals surface area contributed by atoms with Gasteiger partial charge in [0.2, 0.25) is 5.91 Å². The lowest BCUT2D eigenvalue weighted by Gasteiger charge is -2.39. The minimum absolute atomic E-state index is 0.00683. The van der Waals surface area contributed by atoms with Crippen molar-refractivity contribution in [3.8, 4) is 0 Å². The predicted molar refractivity (Wildman–Crippen MR) is 85.0 cm³/mol. The summed E-state index contributed by atoms with van der Waals surface area (Å²) in [5, 5.41) is 13.7. The molecule has 0 aromatic heterocycles. The Balaban J connectivity index is 2.14. The van der Waals surface area contributed by atoms with Gasteiger partial charge in [-0.3, -0.25) is 9.59 Å². The molecule has 1 heterocycles. The fourth-order valence-electron chi connectivity index (χ4n) is 2.85. The number of aliphatic hydroxyl groups is 1. The molecule has 0 spiro atoms. The highest BCUT2D eigenvalue weighted by molar-refractivity contribution is 6.30. The monoisotopic (exact) mass is 324 g/mol. The van der Waals surface area contributed by atoms with Gasteiger partial charge in [-0.1, -0.05) is 11.6 Å². The van der Waals surface area contributed by atoms with Gasteiger partial charge in [-0.05, 0) is 43.5 Å². The Hall–Kier alpha value is -1.59. The van der Waals surface area contributed by atoms with E-state index in [9.17, 15) is 14.7 Å². The van der Waals surface area contributed by atoms with Crippen LogP contribution in [0.25, 0.3) is 0 Å². The molecule has 5 nitrogen and oxygen atoms in total. The molecule has 1 aromatic rings. The number of carbonyl (C=O) groups is 2. The van der Waals surface area contributed by atoms with Crippen LogP contribution >= 0.6 is 11.6 Å². The number of hydrogen-bond acceptors (Lipinski definition) is 3. The molecule has 2 amide bonds. The molecule has 1 fully saturated rings. The average Bonchev–Trinajstić information content (AvgIpc) is 2.46. The third-order valence-corrected chi connectivity index (χ3v) is 4.26. The van der Waals surface area contributed by atoms with Gasteiger partial charge in [0, 0.05) is 24.2 Å². The number of hydrogen-bond donors (Lipinski definition) is 2. The fourth-order valence-corrected chi connectivity index (χ4v) is 3.08. The number of halogens is 1. The maximum Gasteiger partial charge on any atom is 0.254 e. The van der Waals surface area contributed by atoms with Crippen molar-refractivity contribution in [2.75, 3.05) is 20.1 Å². The van der Waals surface area contributed by atoms with Crippen molar-refractivity contribution in [2.45, 2.75) is 31.8 Å². The molecule has 1 saturated heterocycles. The number of piperidine rings is 1. The smallest absolute Gasteiger partial charge is 0.254 e. The van der Waals surface area contributed by atoms with Crippen LogP contribution in [0, 0.1) is 6.92 Å². The van der Waals surface area contributed by atoms with Crippen LogP contribution < -0.4 is 5.32 Å². The van der Waals surface area contributed by atoms with Gasteiger partial charge in [0.05, 0.1) is 18.6 Å². The first-order chi connectivity index (χ1) is 10.3. The van der Waals surface area contributed by atoms with Crippen LogP contribution in [-0.2, 0) is 4.79 Å². The first kappa shape index (κ1) is 16.8. The molecule has 0 radical (unpaired) electrons. The van der Waals surface area contributed by atoms with Crippen LogP contribution in [0.15, 0.2) is 18.2 Å². The average molecular weight is 325 g/mol. The first-order valence-electron chi connectivity index (χ1n) is 7.33. The number of amides is 2. The molecule has 1 aromatic carbocycles. The minimum atomic E-state index is -1.16. The molecule has 6 heteroatoms. The maximum absolute atomic E-state index is 12.6. The molecule has 1 unspecified atom stereocenters. The normalized spacial score (nSPS) is 21.5. The Kier molecular flexibility index (Phi) is 5.08. The zero-order valence-electron chi connectivity index (χ0n) is 12.9. The number of nitrogens with zero attached hydrogens (tertiary/aromatic N) is 1. The standard InChI is InChI=1S/C16H21ClN2O3/c1-11-8-12(17)4-5-13(11)15(21)19-7-3-6-16(22,10-19)9-14(20)18-2/h4-5,8,22H,3,6-7,9-10H2,1-2H3,(H,18,20). The summed E-state index contributed by atoms with van der Waals surface area (Å²) in [4.78, 5) is 25.8. The lowest BCUT2D eigenvalue weighted by Crippen LogP contribution is -2.52. The lowest BCUT2D eigenvalue weighted by molar-refractivity contribution is -0.127. The molecule has 0 saturated carbocycles. The van der Waals surface area contributed by atoms with E-state index in [0.29, 0.717) is 30.0 Å². The Morgan fingerprint density at radius 1 is 1.45 bits per heavy atom. The van der Waals surface area contributed by atoms with Gasteiger partial charge in [-0.15, -0.1) is 0 Å². The molecular formula is C16H21ClN2O3. The van der Waals surface area contributed by atoms with Crippen LogP contribution in [-0.4, -0.2) is 47.6 Å². The maximum atomic E-state index is 12.6. The minimum Gasteiger partial charge on any atom is -0.388 e. The number of β-amino-alcohol motifs (C(OH)–C–C–N with tert-alkyl or cyclic N) is 1. The highest BCUT2D eigenvalue weighted by Crippen LogP contribution is 2.26. The van der Waals surface area contributed by atoms with Crippen molar-refractivity contribution < 1.29 is 14.7 Å². The molecule has 1 atom stereocenters. The van der Waals surface area contributed by atoms with E-state index in [0.717, 1.165) is 5.56 Å². The number of aryl methyl sites for hydroxylation is 1. The molecule has 22 heavy (non-hydrogen) atoms.